The number of rotatable bonds is 6. The van der Waals surface area contributed by atoms with Crippen molar-refractivity contribution >= 4 is 17.9 Å². The monoisotopic (exact) mass is 461 g/mol. The normalized spacial score (nSPS) is 23.1. The molecule has 10 nitrogen and oxygen atoms in total. The summed E-state index contributed by atoms with van der Waals surface area (Å²) in [4.78, 5) is 42.2. The average molecular weight is 462 g/mol. The lowest BCUT2D eigenvalue weighted by atomic mass is 9.91. The van der Waals surface area contributed by atoms with Gasteiger partial charge in [0.2, 0.25) is 0 Å². The number of urea groups is 2. The molecular formula is C23H39N7O3. The van der Waals surface area contributed by atoms with E-state index in [1.165, 1.54) is 0 Å². The van der Waals surface area contributed by atoms with Gasteiger partial charge in [-0.1, -0.05) is 6.92 Å². The zero-order valence-electron chi connectivity index (χ0n) is 20.4. The van der Waals surface area contributed by atoms with Crippen LogP contribution in [0.15, 0.2) is 18.6 Å². The molecule has 3 rings (SSSR count). The minimum atomic E-state index is -0.482. The highest BCUT2D eigenvalue weighted by Gasteiger charge is 2.37. The Morgan fingerprint density at radius 2 is 1.94 bits per heavy atom. The summed E-state index contributed by atoms with van der Waals surface area (Å²) in [6.07, 6.45) is 7.61. The van der Waals surface area contributed by atoms with Gasteiger partial charge in [0.25, 0.3) is 0 Å². The Morgan fingerprint density at radius 3 is 2.55 bits per heavy atom. The van der Waals surface area contributed by atoms with Crippen molar-refractivity contribution in [1.82, 2.24) is 30.0 Å². The van der Waals surface area contributed by atoms with Gasteiger partial charge in [-0.3, -0.25) is 4.98 Å². The minimum Gasteiger partial charge on any atom is -0.393 e. The number of amides is 4. The van der Waals surface area contributed by atoms with Gasteiger partial charge < -0.3 is 30.0 Å². The fourth-order valence-electron chi connectivity index (χ4n) is 4.79. The summed E-state index contributed by atoms with van der Waals surface area (Å²) < 4.78 is 0. The number of aliphatic hydroxyl groups is 1. The van der Waals surface area contributed by atoms with E-state index >= 15 is 0 Å². The first kappa shape index (κ1) is 25.0. The quantitative estimate of drug-likeness (QED) is 0.669. The molecule has 10 heteroatoms. The van der Waals surface area contributed by atoms with Crippen LogP contribution in [0.3, 0.4) is 0 Å². The maximum atomic E-state index is 13.2. The highest BCUT2D eigenvalue weighted by molar-refractivity contribution is 5.77. The molecule has 0 aromatic carbocycles. The molecule has 0 unspecified atom stereocenters. The first-order chi connectivity index (χ1) is 15.7. The minimum absolute atomic E-state index is 0.0273. The molecule has 0 spiro atoms. The first-order valence-corrected chi connectivity index (χ1v) is 12.0. The van der Waals surface area contributed by atoms with Crippen LogP contribution in [0.25, 0.3) is 0 Å². The highest BCUT2D eigenvalue weighted by Crippen LogP contribution is 2.23. The fraction of sp³-hybridized carbons (Fsp3) is 0.739. The van der Waals surface area contributed by atoms with Gasteiger partial charge in [-0.2, -0.15) is 0 Å². The van der Waals surface area contributed by atoms with E-state index in [-0.39, 0.29) is 18.1 Å². The molecule has 1 aromatic rings. The number of nitrogens with one attached hydrogen (secondary N) is 1. The predicted molar refractivity (Wildman–Crippen MR) is 127 cm³/mol. The molecule has 33 heavy (non-hydrogen) atoms. The molecule has 1 aromatic heterocycles. The van der Waals surface area contributed by atoms with Gasteiger partial charge in [0, 0.05) is 64.8 Å². The van der Waals surface area contributed by atoms with Crippen molar-refractivity contribution in [1.29, 1.82) is 0 Å². The Hall–Kier alpha value is -2.62. The van der Waals surface area contributed by atoms with Crippen LogP contribution in [0.5, 0.6) is 0 Å². The molecule has 4 amide bonds. The van der Waals surface area contributed by atoms with Crippen LogP contribution in [0.4, 0.5) is 15.4 Å². The van der Waals surface area contributed by atoms with Gasteiger partial charge in [-0.05, 0) is 39.5 Å². The lowest BCUT2D eigenvalue weighted by Crippen LogP contribution is -2.63. The molecule has 0 saturated carbocycles. The second-order valence-electron chi connectivity index (χ2n) is 9.59. The van der Waals surface area contributed by atoms with E-state index in [1.54, 1.807) is 37.5 Å². The van der Waals surface area contributed by atoms with Crippen LogP contribution >= 0.6 is 0 Å². The number of hydrogen-bond acceptors (Lipinski definition) is 6. The maximum absolute atomic E-state index is 13.2. The SMILES string of the molecule is CC[C@@H](C[C@H](C)O)N(C)C(=O)N[C@]1(C)CCCN(C(=O)N2CCN(c3cnccn3)CC2)C1. The van der Waals surface area contributed by atoms with Crippen LogP contribution in [0.2, 0.25) is 0 Å². The first-order valence-electron chi connectivity index (χ1n) is 12.0. The number of hydrogen-bond donors (Lipinski definition) is 2. The molecule has 2 aliphatic rings. The molecule has 0 bridgehead atoms. The van der Waals surface area contributed by atoms with E-state index < -0.39 is 11.6 Å². The van der Waals surface area contributed by atoms with E-state index in [0.717, 1.165) is 38.2 Å². The third-order valence-electron chi connectivity index (χ3n) is 6.75. The Balaban J connectivity index is 1.54. The molecule has 3 heterocycles. The third kappa shape index (κ3) is 6.46. The predicted octanol–water partition coefficient (Wildman–Crippen LogP) is 1.76. The number of anilines is 1. The van der Waals surface area contributed by atoms with Crippen molar-refractivity contribution in [3.63, 3.8) is 0 Å². The Bertz CT molecular complexity index is 786. The van der Waals surface area contributed by atoms with Crippen LogP contribution < -0.4 is 10.2 Å². The van der Waals surface area contributed by atoms with Gasteiger partial charge in [0.15, 0.2) is 0 Å². The largest absolute Gasteiger partial charge is 0.393 e. The summed E-state index contributed by atoms with van der Waals surface area (Å²) in [7, 11) is 1.78. The van der Waals surface area contributed by atoms with Crippen LogP contribution in [-0.2, 0) is 0 Å². The van der Waals surface area contributed by atoms with E-state index in [0.29, 0.717) is 32.6 Å². The number of carbonyl (C=O) groups excluding carboxylic acids is 2. The van der Waals surface area contributed by atoms with E-state index in [9.17, 15) is 14.7 Å². The van der Waals surface area contributed by atoms with E-state index in [4.69, 9.17) is 0 Å². The second-order valence-corrected chi connectivity index (χ2v) is 9.59. The third-order valence-corrected chi connectivity index (χ3v) is 6.75. The number of piperazine rings is 1. The summed E-state index contributed by atoms with van der Waals surface area (Å²) in [6.45, 7) is 9.67. The molecule has 0 aliphatic carbocycles. The lowest BCUT2D eigenvalue weighted by molar-refractivity contribution is 0.101. The van der Waals surface area contributed by atoms with Crippen LogP contribution in [0, 0.1) is 0 Å². The molecule has 2 fully saturated rings. The topological polar surface area (TPSA) is 105 Å². The van der Waals surface area contributed by atoms with Crippen molar-refractivity contribution in [2.75, 3.05) is 51.2 Å². The average Bonchev–Trinajstić information content (AvgIpc) is 2.82. The zero-order chi connectivity index (χ0) is 24.0. The van der Waals surface area contributed by atoms with E-state index in [1.807, 2.05) is 23.6 Å². The maximum Gasteiger partial charge on any atom is 0.320 e. The van der Waals surface area contributed by atoms with Gasteiger partial charge in [0.05, 0.1) is 17.8 Å². The molecule has 2 N–H and O–H groups in total. The van der Waals surface area contributed by atoms with Crippen LogP contribution in [-0.4, -0.2) is 106 Å². The highest BCUT2D eigenvalue weighted by atomic mass is 16.3. The number of aromatic nitrogens is 2. The number of aliphatic hydroxyl groups excluding tert-OH is 1. The lowest BCUT2D eigenvalue weighted by Gasteiger charge is -2.45. The van der Waals surface area contributed by atoms with Crippen molar-refractivity contribution in [2.24, 2.45) is 0 Å². The summed E-state index contributed by atoms with van der Waals surface area (Å²) in [5.74, 6) is 0.836. The smallest absolute Gasteiger partial charge is 0.320 e. The molecule has 3 atom stereocenters. The summed E-state index contributed by atoms with van der Waals surface area (Å²) in [5.41, 5.74) is -0.482. The molecule has 2 saturated heterocycles. The van der Waals surface area contributed by atoms with E-state index in [2.05, 4.69) is 20.2 Å². The molecule has 0 radical (unpaired) electrons. The second kappa shape index (κ2) is 11.0. The van der Waals surface area contributed by atoms with Crippen molar-refractivity contribution < 1.29 is 14.7 Å². The Labute approximate surface area is 196 Å². The number of nitrogens with zero attached hydrogens (tertiary/aromatic N) is 6. The summed E-state index contributed by atoms with van der Waals surface area (Å²) >= 11 is 0. The standard InChI is InChI=1S/C23H39N7O3/c1-5-19(15-18(2)31)27(4)21(32)26-23(3)7-6-10-30(17-23)22(33)29-13-11-28(12-14-29)20-16-24-8-9-25-20/h8-9,16,18-19,31H,5-7,10-15,17H2,1-4H3,(H,26,32)/t18-,19-,23+/m0/s1. The fourth-order valence-corrected chi connectivity index (χ4v) is 4.79. The molecular weight excluding hydrogens is 422 g/mol. The number of likely N-dealkylation sites (tertiary alicyclic amines) is 1. The Kier molecular flexibility index (Phi) is 8.34. The van der Waals surface area contributed by atoms with Gasteiger partial charge >= 0.3 is 12.1 Å². The van der Waals surface area contributed by atoms with Gasteiger partial charge in [-0.15, -0.1) is 0 Å². The summed E-state index contributed by atoms with van der Waals surface area (Å²) in [6, 6.07) is -0.153. The number of piperidine rings is 1. The van der Waals surface area contributed by atoms with Crippen molar-refractivity contribution in [3.05, 3.63) is 18.6 Å². The van der Waals surface area contributed by atoms with Gasteiger partial charge in [0.1, 0.15) is 5.82 Å². The molecule has 184 valence electrons. The van der Waals surface area contributed by atoms with Crippen LogP contribution in [0.1, 0.15) is 46.5 Å². The Morgan fingerprint density at radius 1 is 1.21 bits per heavy atom. The van der Waals surface area contributed by atoms with Crippen molar-refractivity contribution in [2.45, 2.75) is 64.1 Å². The van der Waals surface area contributed by atoms with Gasteiger partial charge in [-0.25, -0.2) is 14.6 Å². The summed E-state index contributed by atoms with van der Waals surface area (Å²) in [5, 5.41) is 12.9. The zero-order valence-corrected chi connectivity index (χ0v) is 20.4. The number of carbonyl (C=O) groups is 2. The van der Waals surface area contributed by atoms with Crippen molar-refractivity contribution in [3.8, 4) is 0 Å². The molecule has 2 aliphatic heterocycles.